The van der Waals surface area contributed by atoms with Gasteiger partial charge in [0.15, 0.2) is 5.03 Å². The predicted molar refractivity (Wildman–Crippen MR) is 99.5 cm³/mol. The predicted octanol–water partition coefficient (Wildman–Crippen LogP) is 2.03. The van der Waals surface area contributed by atoms with Crippen LogP contribution in [0.15, 0.2) is 23.6 Å². The van der Waals surface area contributed by atoms with Gasteiger partial charge in [-0.05, 0) is 46.1 Å². The molecule has 3 heterocycles. The highest BCUT2D eigenvalue weighted by molar-refractivity contribution is 7.89. The lowest BCUT2D eigenvalue weighted by atomic mass is 10.1. The summed E-state index contributed by atoms with van der Waals surface area (Å²) in [5, 5.41) is 0.0215. The highest BCUT2D eigenvalue weighted by Gasteiger charge is 2.19. The molecule has 0 aliphatic carbocycles. The Morgan fingerprint density at radius 3 is 2.58 bits per heavy atom. The summed E-state index contributed by atoms with van der Waals surface area (Å²) in [7, 11) is -3.68. The van der Waals surface area contributed by atoms with Gasteiger partial charge in [-0.2, -0.15) is 0 Å². The van der Waals surface area contributed by atoms with Crippen molar-refractivity contribution in [2.45, 2.75) is 57.6 Å². The van der Waals surface area contributed by atoms with Gasteiger partial charge in [-0.1, -0.05) is 0 Å². The molecule has 0 unspecified atom stereocenters. The number of hydrogen-bond donors (Lipinski definition) is 1. The third kappa shape index (κ3) is 4.39. The summed E-state index contributed by atoms with van der Waals surface area (Å²) < 4.78 is 29.3. The topological polar surface area (TPSA) is 93.0 Å². The van der Waals surface area contributed by atoms with Crippen LogP contribution in [0.3, 0.4) is 0 Å². The third-order valence-corrected chi connectivity index (χ3v) is 5.71. The molecule has 1 saturated heterocycles. The van der Waals surface area contributed by atoms with Gasteiger partial charge in [-0.25, -0.2) is 28.1 Å². The van der Waals surface area contributed by atoms with E-state index in [1.807, 2.05) is 26.8 Å². The van der Waals surface area contributed by atoms with Crippen LogP contribution in [0.5, 0.6) is 0 Å². The Hall–Kier alpha value is -2.00. The molecule has 142 valence electrons. The molecule has 8 nitrogen and oxygen atoms in total. The smallest absolute Gasteiger partial charge is 0.259 e. The number of aromatic nitrogens is 4. The molecule has 1 aliphatic heterocycles. The molecule has 1 N–H and O–H groups in total. The van der Waals surface area contributed by atoms with E-state index in [-0.39, 0.29) is 17.6 Å². The van der Waals surface area contributed by atoms with Crippen LogP contribution in [0.1, 0.15) is 50.5 Å². The number of nitrogens with zero attached hydrogens (tertiary/aromatic N) is 5. The van der Waals surface area contributed by atoms with Crippen molar-refractivity contribution in [3.05, 3.63) is 30.0 Å². The van der Waals surface area contributed by atoms with Crippen LogP contribution in [0.2, 0.25) is 0 Å². The Morgan fingerprint density at radius 2 is 1.92 bits per heavy atom. The van der Waals surface area contributed by atoms with Crippen LogP contribution >= 0.6 is 0 Å². The lowest BCUT2D eigenvalue weighted by molar-refractivity contribution is 0.564. The van der Waals surface area contributed by atoms with Gasteiger partial charge < -0.3 is 9.47 Å². The average molecular weight is 379 g/mol. The van der Waals surface area contributed by atoms with Crippen molar-refractivity contribution in [2.24, 2.45) is 0 Å². The number of rotatable bonds is 6. The van der Waals surface area contributed by atoms with E-state index in [1.165, 1.54) is 18.9 Å². The van der Waals surface area contributed by atoms with E-state index < -0.39 is 10.0 Å². The van der Waals surface area contributed by atoms with Crippen molar-refractivity contribution in [1.82, 2.24) is 24.2 Å². The summed E-state index contributed by atoms with van der Waals surface area (Å²) in [6, 6.07) is 1.96. The maximum absolute atomic E-state index is 12.5. The third-order valence-electron chi connectivity index (χ3n) is 4.43. The van der Waals surface area contributed by atoms with Crippen molar-refractivity contribution in [1.29, 1.82) is 0 Å². The molecular weight excluding hydrogens is 352 g/mol. The first-order chi connectivity index (χ1) is 12.3. The van der Waals surface area contributed by atoms with Gasteiger partial charge in [0.05, 0.1) is 18.6 Å². The van der Waals surface area contributed by atoms with Crippen molar-refractivity contribution in [3.8, 4) is 0 Å². The van der Waals surface area contributed by atoms with Gasteiger partial charge in [0, 0.05) is 31.0 Å². The zero-order valence-electron chi connectivity index (χ0n) is 15.5. The molecule has 2 aromatic rings. The Labute approximate surface area is 154 Å². The monoisotopic (exact) mass is 378 g/mol. The van der Waals surface area contributed by atoms with Gasteiger partial charge in [0.25, 0.3) is 10.0 Å². The van der Waals surface area contributed by atoms with Crippen molar-refractivity contribution < 1.29 is 8.42 Å². The molecule has 0 radical (unpaired) electrons. The second-order valence-electron chi connectivity index (χ2n) is 6.93. The summed E-state index contributed by atoms with van der Waals surface area (Å²) in [5.41, 5.74) is 1.49. The Balaban J connectivity index is 1.72. The number of anilines is 1. The van der Waals surface area contributed by atoms with E-state index in [9.17, 15) is 8.42 Å². The SMILES string of the molecule is Cc1cc(CNS(=O)(=O)c2cn(C(C)C)cn2)nc(N2CCCCC2)n1. The number of aryl methyl sites for hydroxylation is 1. The number of hydrogen-bond acceptors (Lipinski definition) is 6. The van der Waals surface area contributed by atoms with Crippen molar-refractivity contribution >= 4 is 16.0 Å². The van der Waals surface area contributed by atoms with E-state index in [2.05, 4.69) is 24.6 Å². The van der Waals surface area contributed by atoms with Crippen LogP contribution in [0.25, 0.3) is 0 Å². The minimum atomic E-state index is -3.68. The fourth-order valence-electron chi connectivity index (χ4n) is 2.92. The normalized spacial score (nSPS) is 15.6. The molecule has 0 atom stereocenters. The number of nitrogens with one attached hydrogen (secondary N) is 1. The first kappa shape index (κ1) is 18.8. The minimum Gasteiger partial charge on any atom is -0.341 e. The number of imidazole rings is 1. The molecule has 1 aliphatic rings. The van der Waals surface area contributed by atoms with E-state index in [0.29, 0.717) is 11.6 Å². The maximum Gasteiger partial charge on any atom is 0.259 e. The summed E-state index contributed by atoms with van der Waals surface area (Å²) >= 11 is 0. The first-order valence-corrected chi connectivity index (χ1v) is 10.5. The molecule has 0 spiro atoms. The second-order valence-corrected chi connectivity index (χ2v) is 8.64. The number of sulfonamides is 1. The molecule has 0 amide bonds. The van der Waals surface area contributed by atoms with E-state index in [1.54, 1.807) is 4.57 Å². The molecule has 9 heteroatoms. The Morgan fingerprint density at radius 1 is 1.19 bits per heavy atom. The van der Waals surface area contributed by atoms with E-state index in [0.717, 1.165) is 31.6 Å². The molecule has 0 aromatic carbocycles. The standard InChI is InChI=1S/C17H26N6O2S/c1-13(2)23-11-16(18-12-23)26(24,25)19-10-15-9-14(3)20-17(21-15)22-7-5-4-6-8-22/h9,11-13,19H,4-8,10H2,1-3H3. The summed E-state index contributed by atoms with van der Waals surface area (Å²) in [6.45, 7) is 7.84. The van der Waals surface area contributed by atoms with Crippen molar-refractivity contribution in [2.75, 3.05) is 18.0 Å². The fraction of sp³-hybridized carbons (Fsp3) is 0.588. The highest BCUT2D eigenvalue weighted by Crippen LogP contribution is 2.17. The first-order valence-electron chi connectivity index (χ1n) is 8.98. The Kier molecular flexibility index (Phi) is 5.57. The van der Waals surface area contributed by atoms with Gasteiger partial charge in [0.1, 0.15) is 0 Å². The summed E-state index contributed by atoms with van der Waals surface area (Å²) in [5.74, 6) is 0.683. The zero-order valence-corrected chi connectivity index (χ0v) is 16.3. The molecule has 26 heavy (non-hydrogen) atoms. The van der Waals surface area contributed by atoms with Gasteiger partial charge >= 0.3 is 0 Å². The lowest BCUT2D eigenvalue weighted by Crippen LogP contribution is -2.32. The summed E-state index contributed by atoms with van der Waals surface area (Å²) in [6.07, 6.45) is 6.58. The van der Waals surface area contributed by atoms with E-state index in [4.69, 9.17) is 0 Å². The zero-order chi connectivity index (χ0) is 18.7. The molecular formula is C17H26N6O2S. The Bertz CT molecular complexity index is 856. The highest BCUT2D eigenvalue weighted by atomic mass is 32.2. The van der Waals surface area contributed by atoms with Crippen LogP contribution in [-0.2, 0) is 16.6 Å². The van der Waals surface area contributed by atoms with E-state index >= 15 is 0 Å². The van der Waals surface area contributed by atoms with Crippen LogP contribution in [-0.4, -0.2) is 41.0 Å². The molecule has 1 fully saturated rings. The fourth-order valence-corrected chi connectivity index (χ4v) is 3.86. The average Bonchev–Trinajstić information content (AvgIpc) is 3.12. The van der Waals surface area contributed by atoms with Crippen LogP contribution in [0.4, 0.5) is 5.95 Å². The summed E-state index contributed by atoms with van der Waals surface area (Å²) in [4.78, 5) is 15.2. The van der Waals surface area contributed by atoms with Gasteiger partial charge in [0.2, 0.25) is 5.95 Å². The molecule has 0 bridgehead atoms. The minimum absolute atomic E-state index is 0.0215. The van der Waals surface area contributed by atoms with Gasteiger partial charge in [-0.15, -0.1) is 0 Å². The van der Waals surface area contributed by atoms with Crippen LogP contribution < -0.4 is 9.62 Å². The quantitative estimate of drug-likeness (QED) is 0.827. The molecule has 3 rings (SSSR count). The number of piperidine rings is 1. The van der Waals surface area contributed by atoms with Crippen LogP contribution in [0, 0.1) is 6.92 Å². The van der Waals surface area contributed by atoms with Gasteiger partial charge in [-0.3, -0.25) is 0 Å². The molecule has 0 saturated carbocycles. The van der Waals surface area contributed by atoms with Crippen molar-refractivity contribution in [3.63, 3.8) is 0 Å². The second kappa shape index (κ2) is 7.71. The maximum atomic E-state index is 12.5. The molecule has 2 aromatic heterocycles. The lowest BCUT2D eigenvalue weighted by Gasteiger charge is -2.27. The largest absolute Gasteiger partial charge is 0.341 e.